The lowest BCUT2D eigenvalue weighted by molar-refractivity contribution is 0.284. The summed E-state index contributed by atoms with van der Waals surface area (Å²) in [6.07, 6.45) is 5.79. The van der Waals surface area contributed by atoms with Gasteiger partial charge in [0, 0.05) is 55.7 Å². The molecule has 0 atom stereocenters. The zero-order valence-corrected chi connectivity index (χ0v) is 16.7. The summed E-state index contributed by atoms with van der Waals surface area (Å²) >= 11 is 0. The van der Waals surface area contributed by atoms with Gasteiger partial charge in [0.25, 0.3) is 0 Å². The predicted molar refractivity (Wildman–Crippen MR) is 112 cm³/mol. The van der Waals surface area contributed by atoms with Crippen LogP contribution in [0.2, 0.25) is 0 Å². The first-order valence-electron chi connectivity index (χ1n) is 9.91. The van der Waals surface area contributed by atoms with E-state index in [4.69, 9.17) is 0 Å². The van der Waals surface area contributed by atoms with Crippen LogP contribution in [-0.2, 0) is 0 Å². The van der Waals surface area contributed by atoms with Gasteiger partial charge in [0.05, 0.1) is 6.20 Å². The summed E-state index contributed by atoms with van der Waals surface area (Å²) in [5, 5.41) is 4.31. The summed E-state index contributed by atoms with van der Waals surface area (Å²) in [4.78, 5) is 4.27. The van der Waals surface area contributed by atoms with Gasteiger partial charge in [0.2, 0.25) is 0 Å². The highest BCUT2D eigenvalue weighted by Crippen LogP contribution is 2.20. The highest BCUT2D eigenvalue weighted by molar-refractivity contribution is 5.53. The molecule has 1 aliphatic heterocycles. The largest absolute Gasteiger partial charge is 0.369 e. The van der Waals surface area contributed by atoms with Crippen LogP contribution in [0.15, 0.2) is 54.7 Å². The van der Waals surface area contributed by atoms with Gasteiger partial charge < -0.3 is 4.90 Å². The fourth-order valence-electron chi connectivity index (χ4n) is 3.69. The van der Waals surface area contributed by atoms with E-state index in [0.717, 1.165) is 37.0 Å². The first-order chi connectivity index (χ1) is 14.5. The third kappa shape index (κ3) is 4.41. The van der Waals surface area contributed by atoms with Crippen LogP contribution in [0.4, 0.5) is 18.9 Å². The van der Waals surface area contributed by atoms with Gasteiger partial charge in [0.15, 0.2) is 0 Å². The van der Waals surface area contributed by atoms with Gasteiger partial charge in [-0.05, 0) is 31.2 Å². The Morgan fingerprint density at radius 1 is 0.967 bits per heavy atom. The molecule has 0 radical (unpaired) electrons. The maximum atomic E-state index is 14.0. The number of halogens is 3. The summed E-state index contributed by atoms with van der Waals surface area (Å²) in [6.45, 7) is 5.69. The predicted octanol–water partition coefficient (Wildman–Crippen LogP) is 4.43. The Balaban J connectivity index is 1.34. The van der Waals surface area contributed by atoms with Crippen LogP contribution < -0.4 is 4.90 Å². The Morgan fingerprint density at radius 3 is 2.37 bits per heavy atom. The molecule has 30 heavy (non-hydrogen) atoms. The maximum absolute atomic E-state index is 14.0. The van der Waals surface area contributed by atoms with Crippen molar-refractivity contribution in [2.24, 2.45) is 0 Å². The average molecular weight is 412 g/mol. The van der Waals surface area contributed by atoms with E-state index < -0.39 is 11.6 Å². The van der Waals surface area contributed by atoms with Crippen molar-refractivity contribution in [1.82, 2.24) is 14.7 Å². The highest BCUT2D eigenvalue weighted by atomic mass is 19.1. The van der Waals surface area contributed by atoms with Crippen molar-refractivity contribution in [3.05, 3.63) is 83.4 Å². The standard InChI is InChI=1S/C23H23F3N4/c1-17-18(16-27-30(17)23-7-3-2-6-22(23)26)5-4-8-28-9-11-29(12-10-28)21-14-19(24)13-20(25)15-21/h2-7,13-16H,8-12H2,1H3/b5-4+. The van der Waals surface area contributed by atoms with Crippen LogP contribution in [0.1, 0.15) is 11.3 Å². The average Bonchev–Trinajstić information content (AvgIpc) is 3.08. The minimum absolute atomic E-state index is 0.310. The van der Waals surface area contributed by atoms with E-state index in [9.17, 15) is 13.2 Å². The fourth-order valence-corrected chi connectivity index (χ4v) is 3.69. The molecule has 0 amide bonds. The van der Waals surface area contributed by atoms with E-state index in [-0.39, 0.29) is 5.82 Å². The van der Waals surface area contributed by atoms with Gasteiger partial charge in [-0.25, -0.2) is 17.9 Å². The molecule has 2 aromatic carbocycles. The summed E-state index contributed by atoms with van der Waals surface area (Å²) < 4.78 is 42.5. The lowest BCUT2D eigenvalue weighted by Crippen LogP contribution is -2.46. The zero-order valence-electron chi connectivity index (χ0n) is 16.7. The Morgan fingerprint density at radius 2 is 1.67 bits per heavy atom. The molecule has 1 aromatic heterocycles. The van der Waals surface area contributed by atoms with Gasteiger partial charge in [-0.2, -0.15) is 5.10 Å². The number of para-hydroxylation sites is 1. The summed E-state index contributed by atoms with van der Waals surface area (Å²) in [7, 11) is 0. The summed E-state index contributed by atoms with van der Waals surface area (Å²) in [6, 6.07) is 10.2. The number of nitrogens with zero attached hydrogens (tertiary/aromatic N) is 4. The van der Waals surface area contributed by atoms with Gasteiger partial charge >= 0.3 is 0 Å². The van der Waals surface area contributed by atoms with Crippen molar-refractivity contribution >= 4 is 11.8 Å². The number of anilines is 1. The second-order valence-corrected chi connectivity index (χ2v) is 7.37. The first kappa shape index (κ1) is 20.2. The number of rotatable bonds is 5. The molecular formula is C23H23F3N4. The van der Waals surface area contributed by atoms with Gasteiger partial charge in [-0.15, -0.1) is 0 Å². The van der Waals surface area contributed by atoms with Gasteiger partial charge in [-0.3, -0.25) is 4.90 Å². The molecule has 4 rings (SSSR count). The van der Waals surface area contributed by atoms with Crippen LogP contribution in [0.5, 0.6) is 0 Å². The minimum Gasteiger partial charge on any atom is -0.369 e. The normalized spacial score (nSPS) is 15.3. The van der Waals surface area contributed by atoms with Crippen molar-refractivity contribution in [3.8, 4) is 5.69 Å². The molecule has 0 N–H and O–H groups in total. The molecule has 156 valence electrons. The van der Waals surface area contributed by atoms with Crippen molar-refractivity contribution < 1.29 is 13.2 Å². The molecule has 3 aromatic rings. The van der Waals surface area contributed by atoms with Crippen LogP contribution >= 0.6 is 0 Å². The van der Waals surface area contributed by atoms with Crippen molar-refractivity contribution in [2.75, 3.05) is 37.6 Å². The lowest BCUT2D eigenvalue weighted by Gasteiger charge is -2.35. The number of benzene rings is 2. The smallest absolute Gasteiger partial charge is 0.148 e. The molecular weight excluding hydrogens is 389 g/mol. The molecule has 0 unspecified atom stereocenters. The lowest BCUT2D eigenvalue weighted by atomic mass is 10.2. The number of hydrogen-bond acceptors (Lipinski definition) is 3. The molecule has 0 aliphatic carbocycles. The Labute approximate surface area is 173 Å². The monoisotopic (exact) mass is 412 g/mol. The quantitative estimate of drug-likeness (QED) is 0.620. The third-order valence-corrected chi connectivity index (χ3v) is 5.37. The Bertz CT molecular complexity index is 1030. The molecule has 0 bridgehead atoms. The first-order valence-corrected chi connectivity index (χ1v) is 9.91. The van der Waals surface area contributed by atoms with Gasteiger partial charge in [-0.1, -0.05) is 24.3 Å². The number of piperazine rings is 1. The highest BCUT2D eigenvalue weighted by Gasteiger charge is 2.17. The molecule has 0 saturated carbocycles. The van der Waals surface area contributed by atoms with Crippen molar-refractivity contribution in [2.45, 2.75) is 6.92 Å². The van der Waals surface area contributed by atoms with Crippen LogP contribution in [0.3, 0.4) is 0 Å². The number of hydrogen-bond donors (Lipinski definition) is 0. The van der Waals surface area contributed by atoms with Crippen molar-refractivity contribution in [3.63, 3.8) is 0 Å². The summed E-state index contributed by atoms with van der Waals surface area (Å²) in [5.74, 6) is -1.42. The SMILES string of the molecule is Cc1c(/C=C/CN2CCN(c3cc(F)cc(F)c3)CC2)cnn1-c1ccccc1F. The second kappa shape index (κ2) is 8.75. The Kier molecular flexibility index (Phi) is 5.90. The molecule has 1 fully saturated rings. The molecule has 7 heteroatoms. The van der Waals surface area contributed by atoms with Crippen LogP contribution in [-0.4, -0.2) is 47.4 Å². The van der Waals surface area contributed by atoms with E-state index in [1.807, 2.05) is 17.9 Å². The molecule has 1 aliphatic rings. The van der Waals surface area contributed by atoms with Gasteiger partial charge in [0.1, 0.15) is 23.1 Å². The van der Waals surface area contributed by atoms with Crippen molar-refractivity contribution in [1.29, 1.82) is 0 Å². The summed E-state index contributed by atoms with van der Waals surface area (Å²) in [5.41, 5.74) is 2.82. The zero-order chi connectivity index (χ0) is 21.1. The van der Waals surface area contributed by atoms with Crippen LogP contribution in [0.25, 0.3) is 11.8 Å². The minimum atomic E-state index is -0.554. The number of aromatic nitrogens is 2. The maximum Gasteiger partial charge on any atom is 0.148 e. The topological polar surface area (TPSA) is 24.3 Å². The van der Waals surface area contributed by atoms with Crippen LogP contribution in [0, 0.1) is 24.4 Å². The third-order valence-electron chi connectivity index (χ3n) is 5.37. The fraction of sp³-hybridized carbons (Fsp3) is 0.261. The molecule has 2 heterocycles. The van der Waals surface area contributed by atoms with E-state index >= 15 is 0 Å². The van der Waals surface area contributed by atoms with E-state index in [2.05, 4.69) is 16.1 Å². The van der Waals surface area contributed by atoms with E-state index in [0.29, 0.717) is 24.5 Å². The Hall–Kier alpha value is -3.06. The molecule has 4 nitrogen and oxygen atoms in total. The molecule has 1 saturated heterocycles. The van der Waals surface area contributed by atoms with E-state index in [1.165, 1.54) is 18.2 Å². The second-order valence-electron chi connectivity index (χ2n) is 7.37. The van der Waals surface area contributed by atoms with E-state index in [1.54, 1.807) is 29.1 Å². The molecule has 0 spiro atoms.